The number of hydrogen-bond donors (Lipinski definition) is 1. The summed E-state index contributed by atoms with van der Waals surface area (Å²) < 4.78 is 0. The average Bonchev–Trinajstić information content (AvgIpc) is 2.12. The predicted molar refractivity (Wildman–Crippen MR) is 29.7 cm³/mol. The minimum absolute atomic E-state index is 0.0752. The van der Waals surface area contributed by atoms with E-state index in [0.29, 0.717) is 6.67 Å². The lowest BCUT2D eigenvalue weighted by Gasteiger charge is -2.07. The molecular weight excluding hydrogens is 104 g/mol. The van der Waals surface area contributed by atoms with Crippen LogP contribution in [0.3, 0.4) is 0 Å². The molecule has 0 aromatic heterocycles. The van der Waals surface area contributed by atoms with Gasteiger partial charge in [-0.3, -0.25) is 9.69 Å². The third-order valence-electron chi connectivity index (χ3n) is 1.04. The summed E-state index contributed by atoms with van der Waals surface area (Å²) in [5.41, 5.74) is 0. The van der Waals surface area contributed by atoms with Crippen LogP contribution in [0.25, 0.3) is 0 Å². The van der Waals surface area contributed by atoms with Crippen LogP contribution in [0.1, 0.15) is 6.92 Å². The normalized spacial score (nSPS) is 16.4. The lowest BCUT2D eigenvalue weighted by Crippen LogP contribution is -2.24. The molecular formula is C5H8N2O. The zero-order chi connectivity index (χ0) is 5.98. The highest BCUT2D eigenvalue weighted by atomic mass is 16.2. The summed E-state index contributed by atoms with van der Waals surface area (Å²) in [6, 6.07) is 0. The van der Waals surface area contributed by atoms with Crippen LogP contribution in [-0.4, -0.2) is 17.5 Å². The molecule has 0 spiro atoms. The molecule has 1 aliphatic heterocycles. The van der Waals surface area contributed by atoms with Crippen LogP contribution in [-0.2, 0) is 4.79 Å². The number of amides is 1. The summed E-state index contributed by atoms with van der Waals surface area (Å²) in [6.45, 7) is 2.16. The van der Waals surface area contributed by atoms with Crippen LogP contribution in [0.5, 0.6) is 0 Å². The first-order chi connectivity index (χ1) is 3.80. The van der Waals surface area contributed by atoms with Gasteiger partial charge in [-0.05, 0) is 0 Å². The molecule has 1 amide bonds. The molecule has 0 fully saturated rings. The molecule has 44 valence electrons. The molecule has 0 saturated carbocycles. The van der Waals surface area contributed by atoms with Crippen molar-refractivity contribution in [1.82, 2.24) is 10.2 Å². The topological polar surface area (TPSA) is 32.3 Å². The van der Waals surface area contributed by atoms with Gasteiger partial charge in [0, 0.05) is 19.3 Å². The summed E-state index contributed by atoms with van der Waals surface area (Å²) >= 11 is 0. The van der Waals surface area contributed by atoms with E-state index in [0.717, 1.165) is 0 Å². The minimum Gasteiger partial charge on any atom is -0.372 e. The standard InChI is InChI=1S/C5H8N2O/c1-5(8)7-3-2-6-4-7/h2-3,6H,4H2,1H3. The van der Waals surface area contributed by atoms with Crippen LogP contribution in [0.15, 0.2) is 12.4 Å². The molecule has 1 N–H and O–H groups in total. The van der Waals surface area contributed by atoms with Gasteiger partial charge in [-0.15, -0.1) is 0 Å². The van der Waals surface area contributed by atoms with Crippen molar-refractivity contribution in [3.8, 4) is 0 Å². The number of nitrogens with one attached hydrogen (secondary N) is 1. The molecule has 0 aromatic rings. The zero-order valence-corrected chi connectivity index (χ0v) is 4.72. The third-order valence-corrected chi connectivity index (χ3v) is 1.04. The molecule has 3 nitrogen and oxygen atoms in total. The quantitative estimate of drug-likeness (QED) is 0.473. The van der Waals surface area contributed by atoms with Crippen molar-refractivity contribution >= 4 is 5.91 Å². The van der Waals surface area contributed by atoms with Crippen LogP contribution in [0.2, 0.25) is 0 Å². The molecule has 0 aliphatic carbocycles. The van der Waals surface area contributed by atoms with Gasteiger partial charge in [-0.2, -0.15) is 0 Å². The first-order valence-corrected chi connectivity index (χ1v) is 2.48. The first-order valence-electron chi connectivity index (χ1n) is 2.48. The minimum atomic E-state index is 0.0752. The van der Waals surface area contributed by atoms with Crippen LogP contribution in [0.4, 0.5) is 0 Å². The first kappa shape index (κ1) is 5.15. The van der Waals surface area contributed by atoms with E-state index < -0.39 is 0 Å². The number of rotatable bonds is 0. The monoisotopic (exact) mass is 112 g/mol. The van der Waals surface area contributed by atoms with E-state index in [1.807, 2.05) is 0 Å². The number of carbonyl (C=O) groups is 1. The maximum atomic E-state index is 10.5. The lowest BCUT2D eigenvalue weighted by molar-refractivity contribution is -0.126. The molecule has 3 heteroatoms. The van der Waals surface area contributed by atoms with Gasteiger partial charge in [-0.25, -0.2) is 0 Å². The maximum Gasteiger partial charge on any atom is 0.224 e. The molecule has 8 heavy (non-hydrogen) atoms. The molecule has 0 atom stereocenters. The van der Waals surface area contributed by atoms with E-state index in [9.17, 15) is 4.79 Å². The number of carbonyl (C=O) groups excluding carboxylic acids is 1. The van der Waals surface area contributed by atoms with E-state index in [2.05, 4.69) is 5.32 Å². The molecule has 1 aliphatic rings. The van der Waals surface area contributed by atoms with E-state index in [4.69, 9.17) is 0 Å². The number of hydrogen-bond acceptors (Lipinski definition) is 2. The second-order valence-corrected chi connectivity index (χ2v) is 1.67. The van der Waals surface area contributed by atoms with Crippen molar-refractivity contribution < 1.29 is 4.79 Å². The van der Waals surface area contributed by atoms with Crippen LogP contribution < -0.4 is 5.32 Å². The Morgan fingerprint density at radius 1 is 1.88 bits per heavy atom. The Kier molecular flexibility index (Phi) is 1.20. The average molecular weight is 112 g/mol. The summed E-state index contributed by atoms with van der Waals surface area (Å²) in [7, 11) is 0. The predicted octanol–water partition coefficient (Wildman–Crippen LogP) is -0.133. The lowest BCUT2D eigenvalue weighted by atomic mass is 10.6. The molecule has 0 saturated heterocycles. The van der Waals surface area contributed by atoms with Crippen LogP contribution >= 0.6 is 0 Å². The van der Waals surface area contributed by atoms with Gasteiger partial charge >= 0.3 is 0 Å². The molecule has 1 rings (SSSR count). The van der Waals surface area contributed by atoms with Crippen molar-refractivity contribution in [1.29, 1.82) is 0 Å². The van der Waals surface area contributed by atoms with Gasteiger partial charge in [0.1, 0.15) is 0 Å². The van der Waals surface area contributed by atoms with Gasteiger partial charge < -0.3 is 5.32 Å². The molecule has 0 unspecified atom stereocenters. The highest BCUT2D eigenvalue weighted by Gasteiger charge is 2.05. The Bertz CT molecular complexity index is 130. The molecule has 0 radical (unpaired) electrons. The van der Waals surface area contributed by atoms with Crippen molar-refractivity contribution in [2.75, 3.05) is 6.67 Å². The van der Waals surface area contributed by atoms with Gasteiger partial charge in [0.2, 0.25) is 5.91 Å². The van der Waals surface area contributed by atoms with E-state index in [-0.39, 0.29) is 5.91 Å². The Morgan fingerprint density at radius 2 is 2.62 bits per heavy atom. The third kappa shape index (κ3) is 0.804. The molecule has 0 aromatic carbocycles. The van der Waals surface area contributed by atoms with Gasteiger partial charge in [0.25, 0.3) is 0 Å². The fraction of sp³-hybridized carbons (Fsp3) is 0.400. The second kappa shape index (κ2) is 1.86. The summed E-state index contributed by atoms with van der Waals surface area (Å²) in [5.74, 6) is 0.0752. The molecule has 1 heterocycles. The SMILES string of the molecule is CC(=O)N1C=CNC1. The fourth-order valence-corrected chi connectivity index (χ4v) is 0.563. The highest BCUT2D eigenvalue weighted by molar-refractivity contribution is 5.74. The second-order valence-electron chi connectivity index (χ2n) is 1.67. The Morgan fingerprint density at radius 3 is 2.88 bits per heavy atom. The van der Waals surface area contributed by atoms with E-state index >= 15 is 0 Å². The molecule has 0 bridgehead atoms. The summed E-state index contributed by atoms with van der Waals surface area (Å²) in [4.78, 5) is 12.1. The van der Waals surface area contributed by atoms with Crippen molar-refractivity contribution in [2.45, 2.75) is 6.92 Å². The van der Waals surface area contributed by atoms with Crippen molar-refractivity contribution in [3.63, 3.8) is 0 Å². The van der Waals surface area contributed by atoms with E-state index in [1.54, 1.807) is 17.3 Å². The highest BCUT2D eigenvalue weighted by Crippen LogP contribution is 1.92. The Labute approximate surface area is 48.0 Å². The van der Waals surface area contributed by atoms with Gasteiger partial charge in [-0.1, -0.05) is 0 Å². The summed E-state index contributed by atoms with van der Waals surface area (Å²) in [6.07, 6.45) is 3.48. The Balaban J connectivity index is 2.48. The van der Waals surface area contributed by atoms with Crippen LogP contribution in [0, 0.1) is 0 Å². The fourth-order valence-electron chi connectivity index (χ4n) is 0.563. The number of nitrogens with zero attached hydrogens (tertiary/aromatic N) is 1. The summed E-state index contributed by atoms with van der Waals surface area (Å²) in [5, 5.41) is 2.88. The van der Waals surface area contributed by atoms with Crippen molar-refractivity contribution in [3.05, 3.63) is 12.4 Å². The smallest absolute Gasteiger partial charge is 0.224 e. The van der Waals surface area contributed by atoms with Gasteiger partial charge in [0.05, 0.1) is 6.67 Å². The Hall–Kier alpha value is -0.990. The van der Waals surface area contributed by atoms with E-state index in [1.165, 1.54) is 6.92 Å². The van der Waals surface area contributed by atoms with Gasteiger partial charge in [0.15, 0.2) is 0 Å². The zero-order valence-electron chi connectivity index (χ0n) is 4.72. The van der Waals surface area contributed by atoms with Crippen molar-refractivity contribution in [2.24, 2.45) is 0 Å². The maximum absolute atomic E-state index is 10.5. The largest absolute Gasteiger partial charge is 0.372 e.